The van der Waals surface area contributed by atoms with Crippen molar-refractivity contribution in [3.8, 4) is 0 Å². The van der Waals surface area contributed by atoms with Crippen LogP contribution in [0.25, 0.3) is 0 Å². The molecule has 0 aromatic heterocycles. The molecule has 1 heterocycles. The monoisotopic (exact) mass is 308 g/mol. The van der Waals surface area contributed by atoms with Gasteiger partial charge >= 0.3 is 0 Å². The van der Waals surface area contributed by atoms with E-state index in [1.165, 1.54) is 12.1 Å². The predicted molar refractivity (Wildman–Crippen MR) is 84.4 cm³/mol. The SMILES string of the molecule is CC1CN(C(C)(C)CNC(=O)c2ccccc2F)CC(C)O1. The minimum Gasteiger partial charge on any atom is -0.373 e. The number of amides is 1. The Morgan fingerprint density at radius 1 is 1.32 bits per heavy atom. The van der Waals surface area contributed by atoms with Crippen LogP contribution in [0, 0.1) is 5.82 Å². The number of rotatable bonds is 4. The largest absolute Gasteiger partial charge is 0.373 e. The second kappa shape index (κ2) is 6.75. The fourth-order valence-electron chi connectivity index (χ4n) is 2.82. The van der Waals surface area contributed by atoms with E-state index in [1.807, 2.05) is 0 Å². The highest BCUT2D eigenvalue weighted by atomic mass is 19.1. The fourth-order valence-corrected chi connectivity index (χ4v) is 2.82. The molecule has 0 radical (unpaired) electrons. The minimum absolute atomic E-state index is 0.0852. The fraction of sp³-hybridized carbons (Fsp3) is 0.588. The Morgan fingerprint density at radius 3 is 2.50 bits per heavy atom. The summed E-state index contributed by atoms with van der Waals surface area (Å²) in [7, 11) is 0. The third-order valence-electron chi connectivity index (χ3n) is 4.08. The van der Waals surface area contributed by atoms with Crippen molar-refractivity contribution in [2.45, 2.75) is 45.4 Å². The van der Waals surface area contributed by atoms with Crippen LogP contribution >= 0.6 is 0 Å². The molecule has 2 unspecified atom stereocenters. The lowest BCUT2D eigenvalue weighted by atomic mass is 10.00. The molecule has 1 fully saturated rings. The number of morpholine rings is 1. The highest BCUT2D eigenvalue weighted by Crippen LogP contribution is 2.20. The molecule has 1 N–H and O–H groups in total. The lowest BCUT2D eigenvalue weighted by molar-refractivity contribution is -0.0948. The van der Waals surface area contributed by atoms with E-state index in [4.69, 9.17) is 4.74 Å². The molecule has 1 saturated heterocycles. The van der Waals surface area contributed by atoms with Gasteiger partial charge in [-0.15, -0.1) is 0 Å². The lowest BCUT2D eigenvalue weighted by Crippen LogP contribution is -2.58. The first-order chi connectivity index (χ1) is 10.3. The molecule has 1 aromatic carbocycles. The number of hydrogen-bond acceptors (Lipinski definition) is 3. The van der Waals surface area contributed by atoms with E-state index in [0.717, 1.165) is 13.1 Å². The summed E-state index contributed by atoms with van der Waals surface area (Å²) < 4.78 is 19.4. The standard InChI is InChI=1S/C17H25FN2O2/c1-12-9-20(10-13(2)22-12)17(3,4)11-19-16(21)14-7-5-6-8-15(14)18/h5-8,12-13H,9-11H2,1-4H3,(H,19,21). The summed E-state index contributed by atoms with van der Waals surface area (Å²) in [6.07, 6.45) is 0.343. The molecule has 2 atom stereocenters. The van der Waals surface area contributed by atoms with Gasteiger partial charge in [0.25, 0.3) is 5.91 Å². The van der Waals surface area contributed by atoms with E-state index in [0.29, 0.717) is 6.54 Å². The number of ether oxygens (including phenoxy) is 1. The van der Waals surface area contributed by atoms with Crippen LogP contribution in [-0.2, 0) is 4.74 Å². The smallest absolute Gasteiger partial charge is 0.254 e. The first kappa shape index (κ1) is 16.9. The minimum atomic E-state index is -0.494. The van der Waals surface area contributed by atoms with Crippen molar-refractivity contribution in [3.63, 3.8) is 0 Å². The molecule has 1 aliphatic rings. The Morgan fingerprint density at radius 2 is 1.91 bits per heavy atom. The molecule has 0 bridgehead atoms. The second-order valence-electron chi connectivity index (χ2n) is 6.64. The van der Waals surface area contributed by atoms with Crippen molar-refractivity contribution >= 4 is 5.91 Å². The van der Waals surface area contributed by atoms with Crippen LogP contribution in [-0.4, -0.2) is 48.2 Å². The van der Waals surface area contributed by atoms with Crippen LogP contribution in [0.2, 0.25) is 0 Å². The third-order valence-corrected chi connectivity index (χ3v) is 4.08. The summed E-state index contributed by atoms with van der Waals surface area (Å²) in [6.45, 7) is 10.4. The summed E-state index contributed by atoms with van der Waals surface area (Å²) in [5.74, 6) is -0.869. The van der Waals surface area contributed by atoms with Crippen LogP contribution in [0.4, 0.5) is 4.39 Å². The summed E-state index contributed by atoms with van der Waals surface area (Å²) in [5.41, 5.74) is -0.130. The van der Waals surface area contributed by atoms with Gasteiger partial charge in [0.2, 0.25) is 0 Å². The summed E-state index contributed by atoms with van der Waals surface area (Å²) in [5, 5.41) is 2.85. The third kappa shape index (κ3) is 4.05. The van der Waals surface area contributed by atoms with E-state index in [2.05, 4.69) is 37.9 Å². The highest BCUT2D eigenvalue weighted by Gasteiger charge is 2.33. The Bertz CT molecular complexity index is 523. The van der Waals surface area contributed by atoms with Crippen molar-refractivity contribution in [2.75, 3.05) is 19.6 Å². The zero-order valence-corrected chi connectivity index (χ0v) is 13.7. The van der Waals surface area contributed by atoms with E-state index < -0.39 is 5.82 Å². The van der Waals surface area contributed by atoms with E-state index in [9.17, 15) is 9.18 Å². The first-order valence-corrected chi connectivity index (χ1v) is 7.73. The zero-order chi connectivity index (χ0) is 16.3. The van der Waals surface area contributed by atoms with Gasteiger partial charge in [0.15, 0.2) is 0 Å². The van der Waals surface area contributed by atoms with Crippen molar-refractivity contribution in [3.05, 3.63) is 35.6 Å². The molecule has 1 aromatic rings. The Balaban J connectivity index is 1.97. The molecule has 1 amide bonds. The van der Waals surface area contributed by atoms with Crippen molar-refractivity contribution in [1.82, 2.24) is 10.2 Å². The van der Waals surface area contributed by atoms with Gasteiger partial charge < -0.3 is 10.1 Å². The molecule has 5 heteroatoms. The summed E-state index contributed by atoms with van der Waals surface area (Å²) >= 11 is 0. The van der Waals surface area contributed by atoms with Gasteiger partial charge in [-0.3, -0.25) is 9.69 Å². The van der Waals surface area contributed by atoms with Crippen LogP contribution in [0.1, 0.15) is 38.1 Å². The molecule has 1 aliphatic heterocycles. The Hall–Kier alpha value is -1.46. The number of halogens is 1. The maximum atomic E-state index is 13.6. The van der Waals surface area contributed by atoms with Crippen LogP contribution < -0.4 is 5.32 Å². The van der Waals surface area contributed by atoms with Crippen LogP contribution in [0.5, 0.6) is 0 Å². The number of nitrogens with zero attached hydrogens (tertiary/aromatic N) is 1. The van der Waals surface area contributed by atoms with Gasteiger partial charge in [0.05, 0.1) is 17.8 Å². The highest BCUT2D eigenvalue weighted by molar-refractivity contribution is 5.94. The molecule has 2 rings (SSSR count). The first-order valence-electron chi connectivity index (χ1n) is 7.73. The average Bonchev–Trinajstić information content (AvgIpc) is 2.44. The van der Waals surface area contributed by atoms with Crippen molar-refractivity contribution in [2.24, 2.45) is 0 Å². The molecular weight excluding hydrogens is 283 g/mol. The van der Waals surface area contributed by atoms with Crippen LogP contribution in [0.3, 0.4) is 0 Å². The van der Waals surface area contributed by atoms with Gasteiger partial charge in [0, 0.05) is 25.2 Å². The number of carbonyl (C=O) groups excluding carboxylic acids is 1. The average molecular weight is 308 g/mol. The number of benzene rings is 1. The Kier molecular flexibility index (Phi) is 5.19. The maximum absolute atomic E-state index is 13.6. The summed E-state index contributed by atoms with van der Waals surface area (Å²) in [4.78, 5) is 14.4. The number of hydrogen-bond donors (Lipinski definition) is 1. The molecule has 22 heavy (non-hydrogen) atoms. The van der Waals surface area contributed by atoms with Gasteiger partial charge in [-0.2, -0.15) is 0 Å². The maximum Gasteiger partial charge on any atom is 0.254 e. The van der Waals surface area contributed by atoms with Gasteiger partial charge in [0.1, 0.15) is 5.82 Å². The quantitative estimate of drug-likeness (QED) is 0.929. The molecule has 4 nitrogen and oxygen atoms in total. The topological polar surface area (TPSA) is 41.6 Å². The van der Waals surface area contributed by atoms with Crippen molar-refractivity contribution in [1.29, 1.82) is 0 Å². The summed E-state index contributed by atoms with van der Waals surface area (Å²) in [6, 6.07) is 6.03. The van der Waals surface area contributed by atoms with E-state index in [-0.39, 0.29) is 29.2 Å². The zero-order valence-electron chi connectivity index (χ0n) is 13.7. The van der Waals surface area contributed by atoms with Gasteiger partial charge in [-0.25, -0.2) is 4.39 Å². The molecule has 122 valence electrons. The molecule has 0 spiro atoms. The molecular formula is C17H25FN2O2. The van der Waals surface area contributed by atoms with E-state index >= 15 is 0 Å². The number of carbonyl (C=O) groups is 1. The van der Waals surface area contributed by atoms with Gasteiger partial charge in [-0.05, 0) is 39.8 Å². The van der Waals surface area contributed by atoms with E-state index in [1.54, 1.807) is 12.1 Å². The molecule has 0 aliphatic carbocycles. The van der Waals surface area contributed by atoms with Crippen molar-refractivity contribution < 1.29 is 13.9 Å². The molecule has 0 saturated carbocycles. The van der Waals surface area contributed by atoms with Gasteiger partial charge in [-0.1, -0.05) is 12.1 Å². The Labute approximate surface area is 131 Å². The predicted octanol–water partition coefficient (Wildman–Crippen LogP) is 2.44. The normalized spacial score (nSPS) is 23.3. The second-order valence-corrected chi connectivity index (χ2v) is 6.64. The number of nitrogens with one attached hydrogen (secondary N) is 1. The van der Waals surface area contributed by atoms with Crippen LogP contribution in [0.15, 0.2) is 24.3 Å². The lowest BCUT2D eigenvalue weighted by Gasteiger charge is -2.45.